The van der Waals surface area contributed by atoms with Crippen LogP contribution in [0, 0.1) is 0 Å². The maximum absolute atomic E-state index is 3.56. The van der Waals surface area contributed by atoms with E-state index in [1.165, 1.54) is 16.7 Å². The Labute approximate surface area is 114 Å². The number of rotatable bonds is 5. The van der Waals surface area contributed by atoms with Crippen LogP contribution in [0.15, 0.2) is 41.1 Å². The van der Waals surface area contributed by atoms with Gasteiger partial charge in [-0.25, -0.2) is 0 Å². The summed E-state index contributed by atoms with van der Waals surface area (Å²) in [6.07, 6.45) is 0. The molecule has 1 N–H and O–H groups in total. The summed E-state index contributed by atoms with van der Waals surface area (Å²) in [7, 11) is 0. The average Bonchev–Trinajstić information content (AvgIpc) is 2.90. The molecule has 0 bridgehead atoms. The Kier molecular flexibility index (Phi) is 4.56. The molecule has 0 saturated heterocycles. The molecule has 18 heavy (non-hydrogen) atoms. The van der Waals surface area contributed by atoms with Crippen molar-refractivity contribution < 1.29 is 0 Å². The Hall–Kier alpha value is -1.12. The first kappa shape index (κ1) is 13.3. The lowest BCUT2D eigenvalue weighted by atomic mass is 9.96. The molecule has 2 rings (SSSR count). The van der Waals surface area contributed by atoms with E-state index in [0.717, 1.165) is 6.54 Å². The van der Waals surface area contributed by atoms with Gasteiger partial charge < -0.3 is 5.32 Å². The van der Waals surface area contributed by atoms with Gasteiger partial charge in [0, 0.05) is 0 Å². The van der Waals surface area contributed by atoms with Crippen LogP contribution in [0.2, 0.25) is 0 Å². The molecular formula is C16H21NS. The van der Waals surface area contributed by atoms with E-state index in [-0.39, 0.29) is 0 Å². The molecule has 96 valence electrons. The van der Waals surface area contributed by atoms with E-state index in [1.54, 1.807) is 11.3 Å². The SMILES string of the molecule is CCNC(c1ccc(C(C)C)cc1)c1ccsc1. The highest BCUT2D eigenvalue weighted by molar-refractivity contribution is 7.08. The third-order valence-electron chi connectivity index (χ3n) is 3.22. The molecule has 1 heterocycles. The predicted octanol–water partition coefficient (Wildman–Crippen LogP) is 4.57. The number of benzene rings is 1. The molecule has 1 unspecified atom stereocenters. The number of nitrogens with one attached hydrogen (secondary N) is 1. The minimum absolute atomic E-state index is 0.322. The lowest BCUT2D eigenvalue weighted by Crippen LogP contribution is -2.21. The Morgan fingerprint density at radius 1 is 1.00 bits per heavy atom. The summed E-state index contributed by atoms with van der Waals surface area (Å²) in [4.78, 5) is 0. The monoisotopic (exact) mass is 259 g/mol. The summed E-state index contributed by atoms with van der Waals surface area (Å²) in [5.41, 5.74) is 4.11. The minimum atomic E-state index is 0.322. The molecule has 1 nitrogen and oxygen atoms in total. The first-order chi connectivity index (χ1) is 8.72. The smallest absolute Gasteiger partial charge is 0.0584 e. The molecule has 0 aliphatic rings. The highest BCUT2D eigenvalue weighted by atomic mass is 32.1. The lowest BCUT2D eigenvalue weighted by Gasteiger charge is -2.18. The van der Waals surface area contributed by atoms with Crippen LogP contribution in [0.5, 0.6) is 0 Å². The van der Waals surface area contributed by atoms with E-state index in [0.29, 0.717) is 12.0 Å². The summed E-state index contributed by atoms with van der Waals surface area (Å²) >= 11 is 1.76. The fourth-order valence-electron chi connectivity index (χ4n) is 2.14. The van der Waals surface area contributed by atoms with Gasteiger partial charge in [0.15, 0.2) is 0 Å². The zero-order valence-electron chi connectivity index (χ0n) is 11.3. The van der Waals surface area contributed by atoms with Crippen LogP contribution >= 0.6 is 11.3 Å². The predicted molar refractivity (Wildman–Crippen MR) is 80.4 cm³/mol. The largest absolute Gasteiger partial charge is 0.307 e. The molecule has 1 aromatic heterocycles. The van der Waals surface area contributed by atoms with Gasteiger partial charge in [0.05, 0.1) is 6.04 Å². The minimum Gasteiger partial charge on any atom is -0.307 e. The fourth-order valence-corrected chi connectivity index (χ4v) is 2.83. The first-order valence-electron chi connectivity index (χ1n) is 6.57. The normalized spacial score (nSPS) is 12.9. The summed E-state index contributed by atoms with van der Waals surface area (Å²) < 4.78 is 0. The van der Waals surface area contributed by atoms with Gasteiger partial charge in [-0.05, 0) is 46.0 Å². The number of thiophene rings is 1. The zero-order chi connectivity index (χ0) is 13.0. The van der Waals surface area contributed by atoms with Gasteiger partial charge in [0.25, 0.3) is 0 Å². The van der Waals surface area contributed by atoms with E-state index < -0.39 is 0 Å². The molecule has 0 spiro atoms. The molecule has 2 heteroatoms. The van der Waals surface area contributed by atoms with Crippen molar-refractivity contribution in [1.29, 1.82) is 0 Å². The molecule has 0 saturated carbocycles. The van der Waals surface area contributed by atoms with Crippen molar-refractivity contribution in [3.63, 3.8) is 0 Å². The lowest BCUT2D eigenvalue weighted by molar-refractivity contribution is 0.632. The van der Waals surface area contributed by atoms with Crippen molar-refractivity contribution in [2.24, 2.45) is 0 Å². The quantitative estimate of drug-likeness (QED) is 0.829. The van der Waals surface area contributed by atoms with E-state index in [1.807, 2.05) is 0 Å². The second-order valence-corrected chi connectivity index (χ2v) is 5.65. The molecular weight excluding hydrogens is 238 g/mol. The molecule has 0 fully saturated rings. The summed E-state index contributed by atoms with van der Waals surface area (Å²) in [5, 5.41) is 7.92. The van der Waals surface area contributed by atoms with Crippen molar-refractivity contribution in [2.75, 3.05) is 6.54 Å². The van der Waals surface area contributed by atoms with Crippen LogP contribution < -0.4 is 5.32 Å². The topological polar surface area (TPSA) is 12.0 Å². The Morgan fingerprint density at radius 2 is 1.67 bits per heavy atom. The molecule has 0 radical (unpaired) electrons. The maximum atomic E-state index is 3.56. The Bertz CT molecular complexity index is 456. The summed E-state index contributed by atoms with van der Waals surface area (Å²) in [5.74, 6) is 0.595. The van der Waals surface area contributed by atoms with Gasteiger partial charge in [0.1, 0.15) is 0 Å². The number of hydrogen-bond acceptors (Lipinski definition) is 2. The Morgan fingerprint density at radius 3 is 2.17 bits per heavy atom. The van der Waals surface area contributed by atoms with Crippen LogP contribution in [-0.2, 0) is 0 Å². The standard InChI is InChI=1S/C16H21NS/c1-4-17-16(15-9-10-18-11-15)14-7-5-13(6-8-14)12(2)3/h5-12,16-17H,4H2,1-3H3. The van der Waals surface area contributed by atoms with E-state index in [9.17, 15) is 0 Å². The van der Waals surface area contributed by atoms with Gasteiger partial charge in [-0.3, -0.25) is 0 Å². The van der Waals surface area contributed by atoms with E-state index in [2.05, 4.69) is 67.2 Å². The van der Waals surface area contributed by atoms with E-state index in [4.69, 9.17) is 0 Å². The van der Waals surface area contributed by atoms with Crippen LogP contribution in [0.1, 0.15) is 49.4 Å². The summed E-state index contributed by atoms with van der Waals surface area (Å²) in [6, 6.07) is 11.5. The molecule has 0 aliphatic heterocycles. The van der Waals surface area contributed by atoms with Gasteiger partial charge in [-0.2, -0.15) is 11.3 Å². The molecule has 0 amide bonds. The van der Waals surface area contributed by atoms with Gasteiger partial charge >= 0.3 is 0 Å². The molecule has 0 aliphatic carbocycles. The summed E-state index contributed by atoms with van der Waals surface area (Å²) in [6.45, 7) is 7.60. The van der Waals surface area contributed by atoms with Crippen molar-refractivity contribution in [1.82, 2.24) is 5.32 Å². The third kappa shape index (κ3) is 3.01. The fraction of sp³-hybridized carbons (Fsp3) is 0.375. The second-order valence-electron chi connectivity index (χ2n) is 4.87. The maximum Gasteiger partial charge on any atom is 0.0584 e. The second kappa shape index (κ2) is 6.17. The van der Waals surface area contributed by atoms with Crippen LogP contribution in [0.3, 0.4) is 0 Å². The zero-order valence-corrected chi connectivity index (χ0v) is 12.1. The number of hydrogen-bond donors (Lipinski definition) is 1. The van der Waals surface area contributed by atoms with Gasteiger partial charge in [-0.15, -0.1) is 0 Å². The highest BCUT2D eigenvalue weighted by Crippen LogP contribution is 2.25. The van der Waals surface area contributed by atoms with Gasteiger partial charge in [0.2, 0.25) is 0 Å². The molecule has 1 aromatic carbocycles. The van der Waals surface area contributed by atoms with Crippen molar-refractivity contribution in [2.45, 2.75) is 32.7 Å². The van der Waals surface area contributed by atoms with Crippen molar-refractivity contribution >= 4 is 11.3 Å². The van der Waals surface area contributed by atoms with Crippen LogP contribution in [0.4, 0.5) is 0 Å². The van der Waals surface area contributed by atoms with Crippen molar-refractivity contribution in [3.8, 4) is 0 Å². The molecule has 2 aromatic rings. The van der Waals surface area contributed by atoms with Crippen LogP contribution in [0.25, 0.3) is 0 Å². The third-order valence-corrected chi connectivity index (χ3v) is 3.92. The van der Waals surface area contributed by atoms with E-state index >= 15 is 0 Å². The average molecular weight is 259 g/mol. The van der Waals surface area contributed by atoms with Crippen LogP contribution in [-0.4, -0.2) is 6.54 Å². The first-order valence-corrected chi connectivity index (χ1v) is 7.52. The Balaban J connectivity index is 2.26. The highest BCUT2D eigenvalue weighted by Gasteiger charge is 2.13. The molecule has 1 atom stereocenters. The van der Waals surface area contributed by atoms with Crippen molar-refractivity contribution in [3.05, 3.63) is 57.8 Å². The van der Waals surface area contributed by atoms with Gasteiger partial charge in [-0.1, -0.05) is 45.0 Å².